The van der Waals surface area contributed by atoms with Crippen molar-refractivity contribution in [1.82, 2.24) is 5.32 Å². The molecule has 6 nitrogen and oxygen atoms in total. The van der Waals surface area contributed by atoms with Gasteiger partial charge in [0.05, 0.1) is 24.9 Å². The van der Waals surface area contributed by atoms with Crippen LogP contribution in [0.3, 0.4) is 0 Å². The van der Waals surface area contributed by atoms with Gasteiger partial charge in [-0.25, -0.2) is 0 Å². The molecule has 2 amide bonds. The van der Waals surface area contributed by atoms with Crippen LogP contribution in [0, 0.1) is 0 Å². The molecule has 156 valence electrons. The summed E-state index contributed by atoms with van der Waals surface area (Å²) in [6.45, 7) is 6.78. The molecule has 3 rings (SSSR count). The third kappa shape index (κ3) is 5.73. The summed E-state index contributed by atoms with van der Waals surface area (Å²) in [6.07, 6.45) is 1.56. The molecule has 2 aromatic carbocycles. The van der Waals surface area contributed by atoms with Crippen molar-refractivity contribution in [2.75, 3.05) is 17.2 Å². The standard InChI is InChI=1S/C24H27N3O3/c1-24(2,3)17-10-12-18(13-11-17)27-22(28)16-25-21-9-5-4-8-20(21)23(29)26-15-19-7-6-14-30-19/h4-14,25H,15-16H2,1-3H3,(H,26,29)(H,27,28). The number of rotatable bonds is 7. The smallest absolute Gasteiger partial charge is 0.253 e. The average molecular weight is 405 g/mol. The second-order valence-corrected chi connectivity index (χ2v) is 8.04. The van der Waals surface area contributed by atoms with E-state index in [0.29, 0.717) is 23.6 Å². The fourth-order valence-electron chi connectivity index (χ4n) is 2.95. The molecule has 0 saturated carbocycles. The Balaban J connectivity index is 1.56. The number of hydrogen-bond acceptors (Lipinski definition) is 4. The van der Waals surface area contributed by atoms with Gasteiger partial charge in [0.2, 0.25) is 5.91 Å². The van der Waals surface area contributed by atoms with E-state index in [1.807, 2.05) is 30.3 Å². The number of para-hydroxylation sites is 1. The predicted molar refractivity (Wildman–Crippen MR) is 119 cm³/mol. The Hall–Kier alpha value is -3.54. The van der Waals surface area contributed by atoms with Crippen molar-refractivity contribution >= 4 is 23.2 Å². The lowest BCUT2D eigenvalue weighted by molar-refractivity contribution is -0.114. The Morgan fingerprint density at radius 1 is 0.933 bits per heavy atom. The minimum atomic E-state index is -0.243. The SMILES string of the molecule is CC(C)(C)c1ccc(NC(=O)CNc2ccccc2C(=O)NCc2ccco2)cc1. The molecule has 0 aliphatic heterocycles. The molecule has 0 aliphatic rings. The summed E-state index contributed by atoms with van der Waals surface area (Å²) in [7, 11) is 0. The lowest BCUT2D eigenvalue weighted by Gasteiger charge is -2.19. The van der Waals surface area contributed by atoms with Crippen LogP contribution in [-0.2, 0) is 16.8 Å². The van der Waals surface area contributed by atoms with E-state index in [4.69, 9.17) is 4.42 Å². The molecule has 30 heavy (non-hydrogen) atoms. The highest BCUT2D eigenvalue weighted by Crippen LogP contribution is 2.23. The molecule has 0 radical (unpaired) electrons. The third-order valence-corrected chi connectivity index (χ3v) is 4.65. The maximum Gasteiger partial charge on any atom is 0.253 e. The number of benzene rings is 2. The van der Waals surface area contributed by atoms with Crippen LogP contribution in [0.4, 0.5) is 11.4 Å². The van der Waals surface area contributed by atoms with Crippen LogP contribution in [-0.4, -0.2) is 18.4 Å². The van der Waals surface area contributed by atoms with Crippen LogP contribution in [0.2, 0.25) is 0 Å². The number of hydrogen-bond donors (Lipinski definition) is 3. The molecule has 0 saturated heterocycles. The van der Waals surface area contributed by atoms with Gasteiger partial charge in [0, 0.05) is 11.4 Å². The second kappa shape index (κ2) is 9.31. The van der Waals surface area contributed by atoms with Gasteiger partial charge in [-0.2, -0.15) is 0 Å². The van der Waals surface area contributed by atoms with Gasteiger partial charge in [0.1, 0.15) is 5.76 Å². The fraction of sp³-hybridized carbons (Fsp3) is 0.250. The molecular formula is C24H27N3O3. The first-order valence-corrected chi connectivity index (χ1v) is 9.87. The maximum absolute atomic E-state index is 12.5. The quantitative estimate of drug-likeness (QED) is 0.538. The molecule has 0 unspecified atom stereocenters. The Morgan fingerprint density at radius 2 is 1.67 bits per heavy atom. The van der Waals surface area contributed by atoms with Crippen LogP contribution in [0.5, 0.6) is 0 Å². The van der Waals surface area contributed by atoms with E-state index in [1.54, 1.807) is 36.6 Å². The van der Waals surface area contributed by atoms with Crippen LogP contribution >= 0.6 is 0 Å². The minimum absolute atomic E-state index is 0.0451. The first-order chi connectivity index (χ1) is 14.3. The molecule has 0 spiro atoms. The Bertz CT molecular complexity index is 987. The summed E-state index contributed by atoms with van der Waals surface area (Å²) in [5.41, 5.74) is 3.05. The lowest BCUT2D eigenvalue weighted by Crippen LogP contribution is -2.26. The van der Waals surface area contributed by atoms with Gasteiger partial charge >= 0.3 is 0 Å². The van der Waals surface area contributed by atoms with Crippen molar-refractivity contribution in [3.8, 4) is 0 Å². The van der Waals surface area contributed by atoms with Gasteiger partial charge < -0.3 is 20.4 Å². The molecule has 0 atom stereocenters. The van der Waals surface area contributed by atoms with Crippen molar-refractivity contribution < 1.29 is 14.0 Å². The van der Waals surface area contributed by atoms with Gasteiger partial charge in [0.15, 0.2) is 0 Å². The number of amides is 2. The van der Waals surface area contributed by atoms with Gasteiger partial charge in [-0.1, -0.05) is 45.0 Å². The van der Waals surface area contributed by atoms with Crippen molar-refractivity contribution in [2.24, 2.45) is 0 Å². The lowest BCUT2D eigenvalue weighted by atomic mass is 9.87. The van der Waals surface area contributed by atoms with E-state index in [0.717, 1.165) is 5.69 Å². The van der Waals surface area contributed by atoms with E-state index in [2.05, 4.69) is 36.7 Å². The van der Waals surface area contributed by atoms with Gasteiger partial charge in [-0.3, -0.25) is 9.59 Å². The molecular weight excluding hydrogens is 378 g/mol. The highest BCUT2D eigenvalue weighted by molar-refractivity contribution is 6.00. The zero-order chi connectivity index (χ0) is 21.6. The summed E-state index contributed by atoms with van der Waals surface area (Å²) in [6, 6.07) is 18.5. The van der Waals surface area contributed by atoms with Crippen molar-refractivity contribution in [3.05, 3.63) is 83.8 Å². The van der Waals surface area contributed by atoms with Crippen LogP contribution in [0.25, 0.3) is 0 Å². The zero-order valence-electron chi connectivity index (χ0n) is 17.5. The van der Waals surface area contributed by atoms with Crippen LogP contribution < -0.4 is 16.0 Å². The Morgan fingerprint density at radius 3 is 2.33 bits per heavy atom. The van der Waals surface area contributed by atoms with E-state index < -0.39 is 0 Å². The Labute approximate surface area is 176 Å². The second-order valence-electron chi connectivity index (χ2n) is 8.04. The highest BCUT2D eigenvalue weighted by atomic mass is 16.3. The molecule has 3 aromatic rings. The number of carbonyl (C=O) groups excluding carboxylic acids is 2. The van der Waals surface area contributed by atoms with Gasteiger partial charge in [-0.15, -0.1) is 0 Å². The molecule has 0 fully saturated rings. The van der Waals surface area contributed by atoms with Crippen molar-refractivity contribution in [1.29, 1.82) is 0 Å². The molecule has 1 heterocycles. The van der Waals surface area contributed by atoms with E-state index >= 15 is 0 Å². The van der Waals surface area contributed by atoms with E-state index in [9.17, 15) is 9.59 Å². The summed E-state index contributed by atoms with van der Waals surface area (Å²) >= 11 is 0. The normalized spacial score (nSPS) is 11.0. The average Bonchev–Trinajstić information content (AvgIpc) is 3.24. The number of carbonyl (C=O) groups is 2. The molecule has 0 bridgehead atoms. The molecule has 6 heteroatoms. The molecule has 0 aliphatic carbocycles. The highest BCUT2D eigenvalue weighted by Gasteiger charge is 2.14. The Kier molecular flexibility index (Phi) is 6.57. The number of anilines is 2. The maximum atomic E-state index is 12.5. The topological polar surface area (TPSA) is 83.4 Å². The van der Waals surface area contributed by atoms with E-state index in [-0.39, 0.29) is 23.8 Å². The summed E-state index contributed by atoms with van der Waals surface area (Å²) in [5, 5.41) is 8.73. The fourth-order valence-corrected chi connectivity index (χ4v) is 2.95. The van der Waals surface area contributed by atoms with Gasteiger partial charge in [0.25, 0.3) is 5.91 Å². The summed E-state index contributed by atoms with van der Waals surface area (Å²) in [4.78, 5) is 24.9. The summed E-state index contributed by atoms with van der Waals surface area (Å²) in [5.74, 6) is 0.239. The third-order valence-electron chi connectivity index (χ3n) is 4.65. The first-order valence-electron chi connectivity index (χ1n) is 9.87. The minimum Gasteiger partial charge on any atom is -0.467 e. The van der Waals surface area contributed by atoms with Crippen molar-refractivity contribution in [3.63, 3.8) is 0 Å². The predicted octanol–water partition coefficient (Wildman–Crippen LogP) is 4.56. The largest absolute Gasteiger partial charge is 0.467 e. The molecule has 1 aromatic heterocycles. The van der Waals surface area contributed by atoms with Crippen LogP contribution in [0.1, 0.15) is 42.5 Å². The van der Waals surface area contributed by atoms with Crippen molar-refractivity contribution in [2.45, 2.75) is 32.7 Å². The monoisotopic (exact) mass is 405 g/mol. The van der Waals surface area contributed by atoms with E-state index in [1.165, 1.54) is 5.56 Å². The first kappa shape index (κ1) is 21.2. The summed E-state index contributed by atoms with van der Waals surface area (Å²) < 4.78 is 5.23. The molecule has 3 N–H and O–H groups in total. The van der Waals surface area contributed by atoms with Gasteiger partial charge in [-0.05, 0) is 47.4 Å². The van der Waals surface area contributed by atoms with Crippen LogP contribution in [0.15, 0.2) is 71.3 Å². The number of furan rings is 1. The number of nitrogens with one attached hydrogen (secondary N) is 3. The zero-order valence-corrected chi connectivity index (χ0v) is 17.5.